The van der Waals surface area contributed by atoms with Gasteiger partial charge in [0.25, 0.3) is 0 Å². The Morgan fingerprint density at radius 3 is 2.76 bits per heavy atom. The minimum atomic E-state index is 0.0609. The number of benzene rings is 1. The summed E-state index contributed by atoms with van der Waals surface area (Å²) in [6, 6.07) is 10.7. The SMILES string of the molecule is Cc1ccc(-c2cc3c4nnc(SCC(=O)NC5CCCC5)n4ccn3n2)cc1. The first kappa shape index (κ1) is 18.2. The summed E-state index contributed by atoms with van der Waals surface area (Å²) >= 11 is 1.41. The molecule has 5 rings (SSSR count). The van der Waals surface area contributed by atoms with E-state index in [2.05, 4.69) is 51.8 Å². The first-order valence-electron chi connectivity index (χ1n) is 9.90. The van der Waals surface area contributed by atoms with Crippen molar-refractivity contribution in [2.24, 2.45) is 0 Å². The maximum Gasteiger partial charge on any atom is 0.230 e. The fraction of sp³-hybridized carbons (Fsp3) is 0.333. The van der Waals surface area contributed by atoms with E-state index in [1.807, 2.05) is 27.4 Å². The van der Waals surface area contributed by atoms with Crippen LogP contribution in [0.4, 0.5) is 0 Å². The maximum atomic E-state index is 12.2. The normalized spacial score (nSPS) is 14.8. The number of aromatic nitrogens is 5. The van der Waals surface area contributed by atoms with Crippen molar-refractivity contribution < 1.29 is 4.79 Å². The van der Waals surface area contributed by atoms with Gasteiger partial charge in [-0.05, 0) is 25.8 Å². The minimum Gasteiger partial charge on any atom is -0.353 e. The fourth-order valence-electron chi connectivity index (χ4n) is 3.82. The van der Waals surface area contributed by atoms with Crippen molar-refractivity contribution in [3.8, 4) is 11.3 Å². The Balaban J connectivity index is 1.38. The van der Waals surface area contributed by atoms with Crippen LogP contribution < -0.4 is 5.32 Å². The third-order valence-corrected chi connectivity index (χ3v) is 6.33. The predicted octanol–water partition coefficient (Wildman–Crippen LogP) is 3.50. The van der Waals surface area contributed by atoms with Crippen LogP contribution in [0.3, 0.4) is 0 Å². The average Bonchev–Trinajstić information content (AvgIpc) is 3.45. The molecule has 7 nitrogen and oxygen atoms in total. The lowest BCUT2D eigenvalue weighted by Gasteiger charge is -2.10. The Morgan fingerprint density at radius 2 is 1.97 bits per heavy atom. The van der Waals surface area contributed by atoms with Crippen LogP contribution in [-0.4, -0.2) is 41.9 Å². The van der Waals surface area contributed by atoms with Crippen LogP contribution in [0.1, 0.15) is 31.2 Å². The summed E-state index contributed by atoms with van der Waals surface area (Å²) in [6.45, 7) is 2.07. The van der Waals surface area contributed by atoms with Gasteiger partial charge in [0, 0.05) is 24.0 Å². The molecule has 3 aromatic heterocycles. The van der Waals surface area contributed by atoms with E-state index in [4.69, 9.17) is 0 Å². The van der Waals surface area contributed by atoms with Crippen LogP contribution >= 0.6 is 11.8 Å². The molecule has 0 aliphatic heterocycles. The number of thioether (sulfide) groups is 1. The maximum absolute atomic E-state index is 12.2. The van der Waals surface area contributed by atoms with Gasteiger partial charge in [-0.3, -0.25) is 9.20 Å². The molecule has 3 heterocycles. The highest BCUT2D eigenvalue weighted by atomic mass is 32.2. The lowest BCUT2D eigenvalue weighted by Crippen LogP contribution is -2.33. The third-order valence-electron chi connectivity index (χ3n) is 5.39. The van der Waals surface area contributed by atoms with Crippen LogP contribution in [0.15, 0.2) is 47.9 Å². The molecule has 0 saturated heterocycles. The lowest BCUT2D eigenvalue weighted by atomic mass is 10.1. The molecule has 29 heavy (non-hydrogen) atoms. The van der Waals surface area contributed by atoms with Gasteiger partial charge >= 0.3 is 0 Å². The van der Waals surface area contributed by atoms with Crippen molar-refractivity contribution in [1.82, 2.24) is 29.5 Å². The molecule has 0 spiro atoms. The van der Waals surface area contributed by atoms with Crippen LogP contribution in [-0.2, 0) is 4.79 Å². The number of carbonyl (C=O) groups excluding carboxylic acids is 1. The Kier molecular flexibility index (Phi) is 4.71. The molecular weight excluding hydrogens is 384 g/mol. The molecule has 8 heteroatoms. The summed E-state index contributed by atoms with van der Waals surface area (Å²) in [5.41, 5.74) is 4.80. The Bertz CT molecular complexity index is 1170. The van der Waals surface area contributed by atoms with Gasteiger partial charge in [-0.1, -0.05) is 54.4 Å². The van der Waals surface area contributed by atoms with E-state index in [1.54, 1.807) is 0 Å². The molecule has 1 amide bonds. The van der Waals surface area contributed by atoms with Gasteiger partial charge in [0.1, 0.15) is 5.52 Å². The van der Waals surface area contributed by atoms with Crippen LogP contribution in [0, 0.1) is 6.92 Å². The summed E-state index contributed by atoms with van der Waals surface area (Å²) < 4.78 is 3.74. The summed E-state index contributed by atoms with van der Waals surface area (Å²) in [7, 11) is 0. The number of hydrogen-bond acceptors (Lipinski definition) is 5. The topological polar surface area (TPSA) is 76.6 Å². The molecule has 1 saturated carbocycles. The van der Waals surface area contributed by atoms with E-state index in [9.17, 15) is 4.79 Å². The highest BCUT2D eigenvalue weighted by molar-refractivity contribution is 7.99. The Labute approximate surface area is 172 Å². The Morgan fingerprint density at radius 1 is 1.17 bits per heavy atom. The van der Waals surface area contributed by atoms with Gasteiger partial charge in [0.05, 0.1) is 11.4 Å². The number of nitrogens with zero attached hydrogens (tertiary/aromatic N) is 5. The van der Waals surface area contributed by atoms with E-state index in [0.717, 1.165) is 35.3 Å². The second-order valence-electron chi connectivity index (χ2n) is 7.54. The van der Waals surface area contributed by atoms with E-state index in [0.29, 0.717) is 17.0 Å². The molecule has 1 aromatic carbocycles. The fourth-order valence-corrected chi connectivity index (χ4v) is 4.55. The zero-order valence-electron chi connectivity index (χ0n) is 16.2. The number of carbonyl (C=O) groups is 1. The highest BCUT2D eigenvalue weighted by Gasteiger charge is 2.18. The predicted molar refractivity (Wildman–Crippen MR) is 113 cm³/mol. The van der Waals surface area contributed by atoms with Crippen LogP contribution in [0.25, 0.3) is 22.4 Å². The second kappa shape index (κ2) is 7.51. The van der Waals surface area contributed by atoms with Gasteiger partial charge in [-0.2, -0.15) is 5.10 Å². The van der Waals surface area contributed by atoms with Gasteiger partial charge in [-0.15, -0.1) is 10.2 Å². The molecule has 0 atom stereocenters. The minimum absolute atomic E-state index is 0.0609. The van der Waals surface area contributed by atoms with Crippen molar-refractivity contribution in [3.05, 3.63) is 48.3 Å². The number of rotatable bonds is 5. The molecule has 1 N–H and O–H groups in total. The standard InChI is InChI=1S/C21H22N6OS/c1-14-6-8-15(9-7-14)17-12-18-20-23-24-21(26(20)10-11-27(18)25-17)29-13-19(28)22-16-4-2-3-5-16/h6-12,16H,2-5,13H2,1H3,(H,22,28). The second-order valence-corrected chi connectivity index (χ2v) is 8.48. The van der Waals surface area contributed by atoms with E-state index < -0.39 is 0 Å². The monoisotopic (exact) mass is 406 g/mol. The number of amides is 1. The largest absolute Gasteiger partial charge is 0.353 e. The number of hydrogen-bond donors (Lipinski definition) is 1. The molecule has 0 bridgehead atoms. The Hall–Kier alpha value is -2.87. The summed E-state index contributed by atoms with van der Waals surface area (Å²) in [5.74, 6) is 0.404. The van der Waals surface area contributed by atoms with Crippen molar-refractivity contribution in [3.63, 3.8) is 0 Å². The number of aryl methyl sites for hydroxylation is 1. The highest BCUT2D eigenvalue weighted by Crippen LogP contribution is 2.24. The molecular formula is C21H22N6OS. The van der Waals surface area contributed by atoms with Crippen molar-refractivity contribution in [2.45, 2.75) is 43.8 Å². The molecule has 1 aliphatic carbocycles. The van der Waals surface area contributed by atoms with E-state index >= 15 is 0 Å². The third kappa shape index (κ3) is 3.60. The number of nitrogens with one attached hydrogen (secondary N) is 1. The molecule has 0 unspecified atom stereocenters. The molecule has 4 aromatic rings. The molecule has 1 aliphatic rings. The van der Waals surface area contributed by atoms with E-state index in [1.165, 1.54) is 30.2 Å². The average molecular weight is 407 g/mol. The lowest BCUT2D eigenvalue weighted by molar-refractivity contribution is -0.119. The zero-order valence-corrected chi connectivity index (χ0v) is 17.0. The van der Waals surface area contributed by atoms with E-state index in [-0.39, 0.29) is 5.91 Å². The summed E-state index contributed by atoms with van der Waals surface area (Å²) in [6.07, 6.45) is 8.38. The zero-order chi connectivity index (χ0) is 19.8. The van der Waals surface area contributed by atoms with Gasteiger partial charge < -0.3 is 5.32 Å². The summed E-state index contributed by atoms with van der Waals surface area (Å²) in [4.78, 5) is 12.2. The van der Waals surface area contributed by atoms with Crippen molar-refractivity contribution in [2.75, 3.05) is 5.75 Å². The molecule has 148 valence electrons. The van der Waals surface area contributed by atoms with Crippen molar-refractivity contribution in [1.29, 1.82) is 0 Å². The van der Waals surface area contributed by atoms with Crippen LogP contribution in [0.2, 0.25) is 0 Å². The summed E-state index contributed by atoms with van der Waals surface area (Å²) in [5, 5.41) is 17.1. The van der Waals surface area contributed by atoms with Crippen molar-refractivity contribution >= 4 is 28.8 Å². The van der Waals surface area contributed by atoms with Gasteiger partial charge in [-0.25, -0.2) is 4.52 Å². The number of fused-ring (bicyclic) bond motifs is 3. The van der Waals surface area contributed by atoms with Gasteiger partial charge in [0.2, 0.25) is 5.91 Å². The van der Waals surface area contributed by atoms with Gasteiger partial charge in [0.15, 0.2) is 10.8 Å². The quantitative estimate of drug-likeness (QED) is 0.513. The molecule has 0 radical (unpaired) electrons. The van der Waals surface area contributed by atoms with Crippen LogP contribution in [0.5, 0.6) is 0 Å². The first-order chi connectivity index (χ1) is 14.2. The molecule has 1 fully saturated rings. The first-order valence-corrected chi connectivity index (χ1v) is 10.9. The smallest absolute Gasteiger partial charge is 0.230 e.